The van der Waals surface area contributed by atoms with Crippen molar-refractivity contribution in [3.8, 4) is 5.75 Å². The SMILES string of the molecule is Cc1noc(C)c1S(=O)(=O)Nc1cccc2c1O[C@H](CN(C)C(=O)Nc1ccc(C(F)(F)F)cc1)[C@H](C)CN([C@H](C)CO)C2=O. The Hall–Kier alpha value is -4.31. The molecule has 1 aromatic heterocycles. The van der Waals surface area contributed by atoms with E-state index in [1.807, 2.05) is 0 Å². The number of amides is 3. The molecule has 2 aromatic carbocycles. The summed E-state index contributed by atoms with van der Waals surface area (Å²) in [4.78, 5) is 29.3. The first-order valence-electron chi connectivity index (χ1n) is 13.9. The van der Waals surface area contributed by atoms with Crippen LogP contribution in [0.15, 0.2) is 51.9 Å². The van der Waals surface area contributed by atoms with Crippen LogP contribution in [0.25, 0.3) is 0 Å². The van der Waals surface area contributed by atoms with Crippen molar-refractivity contribution < 1.29 is 45.5 Å². The normalized spacial score (nSPS) is 17.9. The maximum absolute atomic E-state index is 13.7. The average molecular weight is 654 g/mol. The van der Waals surface area contributed by atoms with Crippen LogP contribution in [0, 0.1) is 19.8 Å². The molecule has 3 amide bonds. The topological polar surface area (TPSA) is 154 Å². The number of halogens is 3. The number of likely N-dealkylation sites (N-methyl/N-ethyl adjacent to an activating group) is 1. The number of carbonyl (C=O) groups is 2. The van der Waals surface area contributed by atoms with Gasteiger partial charge in [0.15, 0.2) is 16.4 Å². The quantitative estimate of drug-likeness (QED) is 0.321. The molecule has 0 unspecified atom stereocenters. The highest BCUT2D eigenvalue weighted by Gasteiger charge is 2.36. The lowest BCUT2D eigenvalue weighted by atomic mass is 9.99. The number of fused-ring (bicyclic) bond motifs is 1. The van der Waals surface area contributed by atoms with E-state index < -0.39 is 51.8 Å². The van der Waals surface area contributed by atoms with Crippen LogP contribution in [0.4, 0.5) is 29.3 Å². The van der Waals surface area contributed by atoms with Crippen LogP contribution < -0.4 is 14.8 Å². The summed E-state index contributed by atoms with van der Waals surface area (Å²) in [6, 6.07) is 7.11. The molecule has 2 heterocycles. The lowest BCUT2D eigenvalue weighted by Crippen LogP contribution is -2.50. The third-order valence-corrected chi connectivity index (χ3v) is 9.05. The second kappa shape index (κ2) is 13.0. The molecule has 4 rings (SSSR count). The van der Waals surface area contributed by atoms with Crippen molar-refractivity contribution in [2.24, 2.45) is 5.92 Å². The van der Waals surface area contributed by atoms with Gasteiger partial charge < -0.3 is 29.5 Å². The van der Waals surface area contributed by atoms with E-state index in [4.69, 9.17) is 9.26 Å². The van der Waals surface area contributed by atoms with E-state index in [9.17, 15) is 36.3 Å². The molecule has 1 aliphatic rings. The number of urea groups is 1. The van der Waals surface area contributed by atoms with Gasteiger partial charge in [-0.1, -0.05) is 18.1 Å². The van der Waals surface area contributed by atoms with E-state index >= 15 is 0 Å². The number of sulfonamides is 1. The van der Waals surface area contributed by atoms with Gasteiger partial charge in [0.2, 0.25) is 0 Å². The third-order valence-electron chi connectivity index (χ3n) is 7.44. The maximum Gasteiger partial charge on any atom is 0.416 e. The molecule has 0 aliphatic carbocycles. The summed E-state index contributed by atoms with van der Waals surface area (Å²) in [6.07, 6.45) is -5.33. The molecule has 244 valence electrons. The summed E-state index contributed by atoms with van der Waals surface area (Å²) in [7, 11) is -2.79. The van der Waals surface area contributed by atoms with Crippen LogP contribution in [0.5, 0.6) is 5.75 Å². The molecule has 3 N–H and O–H groups in total. The Morgan fingerprint density at radius 2 is 1.87 bits per heavy atom. The lowest BCUT2D eigenvalue weighted by Gasteiger charge is -2.38. The van der Waals surface area contributed by atoms with E-state index in [-0.39, 0.29) is 58.7 Å². The fourth-order valence-electron chi connectivity index (χ4n) is 4.91. The van der Waals surface area contributed by atoms with Crippen LogP contribution in [0.1, 0.15) is 41.2 Å². The number of nitrogens with one attached hydrogen (secondary N) is 2. The number of carbonyl (C=O) groups excluding carboxylic acids is 2. The van der Waals surface area contributed by atoms with Crippen LogP contribution in [0.3, 0.4) is 0 Å². The highest BCUT2D eigenvalue weighted by molar-refractivity contribution is 7.92. The molecule has 3 aromatic rings. The number of benzene rings is 2. The van der Waals surface area contributed by atoms with Gasteiger partial charge in [-0.2, -0.15) is 13.2 Å². The number of hydrogen-bond donors (Lipinski definition) is 3. The number of hydrogen-bond acceptors (Lipinski definition) is 8. The van der Waals surface area contributed by atoms with Crippen LogP contribution in [-0.4, -0.2) is 79.3 Å². The number of aliphatic hydroxyl groups is 1. The molecule has 3 atom stereocenters. The molecule has 12 nitrogen and oxygen atoms in total. The highest BCUT2D eigenvalue weighted by atomic mass is 32.2. The van der Waals surface area contributed by atoms with Crippen molar-refractivity contribution in [3.05, 3.63) is 65.0 Å². The summed E-state index contributed by atoms with van der Waals surface area (Å²) in [6.45, 7) is 6.09. The Labute approximate surface area is 258 Å². The Kier molecular flexibility index (Phi) is 9.68. The smallest absolute Gasteiger partial charge is 0.416 e. The van der Waals surface area contributed by atoms with Crippen LogP contribution >= 0.6 is 0 Å². The zero-order valence-electron chi connectivity index (χ0n) is 25.2. The van der Waals surface area contributed by atoms with E-state index in [2.05, 4.69) is 15.2 Å². The summed E-state index contributed by atoms with van der Waals surface area (Å²) in [5.74, 6) is -0.958. The van der Waals surface area contributed by atoms with Crippen molar-refractivity contribution in [1.29, 1.82) is 0 Å². The van der Waals surface area contributed by atoms with Gasteiger partial charge in [-0.3, -0.25) is 9.52 Å². The second-order valence-corrected chi connectivity index (χ2v) is 12.6. The number of alkyl halides is 3. The predicted molar refractivity (Wildman–Crippen MR) is 157 cm³/mol. The molecule has 0 spiro atoms. The molecular formula is C29H34F3N5O7S. The summed E-state index contributed by atoms with van der Waals surface area (Å²) >= 11 is 0. The monoisotopic (exact) mass is 653 g/mol. The van der Waals surface area contributed by atoms with Gasteiger partial charge in [-0.05, 0) is 57.2 Å². The molecule has 16 heteroatoms. The first-order valence-corrected chi connectivity index (χ1v) is 15.4. The number of para-hydroxylation sites is 1. The predicted octanol–water partition coefficient (Wildman–Crippen LogP) is 4.50. The van der Waals surface area contributed by atoms with Crippen LogP contribution in [-0.2, 0) is 16.2 Å². The first-order chi connectivity index (χ1) is 21.0. The molecular weight excluding hydrogens is 619 g/mol. The second-order valence-electron chi connectivity index (χ2n) is 10.9. The zero-order valence-corrected chi connectivity index (χ0v) is 26.0. The van der Waals surface area contributed by atoms with Crippen molar-refractivity contribution in [3.63, 3.8) is 0 Å². The number of nitrogens with zero attached hydrogens (tertiary/aromatic N) is 3. The zero-order chi connectivity index (χ0) is 33.3. The van der Waals surface area contributed by atoms with Gasteiger partial charge in [0, 0.05) is 25.2 Å². The summed E-state index contributed by atoms with van der Waals surface area (Å²) in [5.41, 5.74) is -0.606. The molecule has 0 saturated heterocycles. The summed E-state index contributed by atoms with van der Waals surface area (Å²) < 4.78 is 79.4. The standard InChI is InChI=1S/C29H34F3N5O7S/c1-16-13-37(17(2)15-38)27(39)22-7-6-8-23(35-45(41,42)26-18(3)34-44-19(26)4)25(22)43-24(16)14-36(5)28(40)33-21-11-9-20(10-12-21)29(30,31)32/h6-12,16-17,24,35,38H,13-15H2,1-5H3,(H,33,40)/t16-,17-,24-/m1/s1. The van der Waals surface area contributed by atoms with E-state index in [1.165, 1.54) is 48.9 Å². The van der Waals surface area contributed by atoms with Gasteiger partial charge in [0.05, 0.1) is 36.0 Å². The van der Waals surface area contributed by atoms with Crippen LogP contribution in [0.2, 0.25) is 0 Å². The van der Waals surface area contributed by atoms with Gasteiger partial charge in [-0.15, -0.1) is 0 Å². The van der Waals surface area contributed by atoms with Crippen molar-refractivity contribution in [2.45, 2.75) is 50.9 Å². The minimum absolute atomic E-state index is 0.0306. The Balaban J connectivity index is 1.66. The highest BCUT2D eigenvalue weighted by Crippen LogP contribution is 2.37. The van der Waals surface area contributed by atoms with Crippen molar-refractivity contribution in [2.75, 3.05) is 36.8 Å². The fourth-order valence-corrected chi connectivity index (χ4v) is 6.30. The number of aliphatic hydroxyl groups excluding tert-OH is 1. The number of aromatic nitrogens is 1. The molecule has 1 aliphatic heterocycles. The van der Waals surface area contributed by atoms with Gasteiger partial charge in [0.25, 0.3) is 15.9 Å². The number of ether oxygens (including phenoxy) is 1. The maximum atomic E-state index is 13.7. The Morgan fingerprint density at radius 1 is 1.20 bits per heavy atom. The van der Waals surface area contributed by atoms with Crippen molar-refractivity contribution >= 4 is 33.3 Å². The summed E-state index contributed by atoms with van der Waals surface area (Å²) in [5, 5.41) is 16.1. The minimum atomic E-state index is -4.52. The lowest BCUT2D eigenvalue weighted by molar-refractivity contribution is -0.137. The minimum Gasteiger partial charge on any atom is -0.485 e. The van der Waals surface area contributed by atoms with E-state index in [1.54, 1.807) is 13.8 Å². The molecule has 0 radical (unpaired) electrons. The largest absolute Gasteiger partial charge is 0.485 e. The molecule has 0 fully saturated rings. The average Bonchev–Trinajstić information content (AvgIpc) is 3.32. The van der Waals surface area contributed by atoms with E-state index in [0.717, 1.165) is 24.3 Å². The molecule has 0 bridgehead atoms. The number of anilines is 2. The molecule has 45 heavy (non-hydrogen) atoms. The van der Waals surface area contributed by atoms with Gasteiger partial charge in [-0.25, -0.2) is 13.2 Å². The third kappa shape index (κ3) is 7.33. The van der Waals surface area contributed by atoms with Gasteiger partial charge in [0.1, 0.15) is 11.8 Å². The number of rotatable bonds is 8. The van der Waals surface area contributed by atoms with Gasteiger partial charge >= 0.3 is 12.2 Å². The Bertz CT molecular complexity index is 1640. The molecule has 0 saturated carbocycles. The first kappa shape index (κ1) is 33.6. The van der Waals surface area contributed by atoms with E-state index in [0.29, 0.717) is 0 Å². The number of aryl methyl sites for hydroxylation is 2. The Morgan fingerprint density at radius 3 is 2.44 bits per heavy atom. The van der Waals surface area contributed by atoms with Crippen molar-refractivity contribution in [1.82, 2.24) is 15.0 Å². The fraction of sp³-hybridized carbons (Fsp3) is 0.414.